The van der Waals surface area contributed by atoms with Crippen molar-refractivity contribution >= 4 is 11.3 Å². The van der Waals surface area contributed by atoms with Gasteiger partial charge in [-0.2, -0.15) is 0 Å². The molecule has 1 heterocycles. The third kappa shape index (κ3) is 1.08. The van der Waals surface area contributed by atoms with E-state index in [-0.39, 0.29) is 17.4 Å². The molecule has 1 aliphatic carbocycles. The fraction of sp³-hybridized carbons (Fsp3) is 0.600. The van der Waals surface area contributed by atoms with Gasteiger partial charge < -0.3 is 10.8 Å². The Hall–Kier alpha value is -0.380. The lowest BCUT2D eigenvalue weighted by molar-refractivity contribution is 0.199. The predicted molar refractivity (Wildman–Crippen MR) is 54.9 cm³/mol. The summed E-state index contributed by atoms with van der Waals surface area (Å²) in [5.74, 6) is 0. The average Bonchev–Trinajstić information content (AvgIpc) is 2.58. The zero-order chi connectivity index (χ0) is 9.53. The molecule has 2 unspecified atom stereocenters. The largest absolute Gasteiger partial charge is 0.396 e. The van der Waals surface area contributed by atoms with Gasteiger partial charge >= 0.3 is 0 Å². The zero-order valence-electron chi connectivity index (χ0n) is 7.79. The first-order valence-corrected chi connectivity index (χ1v) is 5.41. The van der Waals surface area contributed by atoms with Crippen molar-refractivity contribution in [1.82, 2.24) is 0 Å². The summed E-state index contributed by atoms with van der Waals surface area (Å²) in [7, 11) is 0. The van der Waals surface area contributed by atoms with Crippen molar-refractivity contribution < 1.29 is 5.11 Å². The van der Waals surface area contributed by atoms with E-state index >= 15 is 0 Å². The number of hydrogen-bond donors (Lipinski definition) is 2. The van der Waals surface area contributed by atoms with Crippen molar-refractivity contribution in [2.24, 2.45) is 11.1 Å². The molecule has 0 bridgehead atoms. The summed E-state index contributed by atoms with van der Waals surface area (Å²) < 4.78 is 0. The molecule has 1 aromatic rings. The van der Waals surface area contributed by atoms with Crippen LogP contribution < -0.4 is 5.73 Å². The Morgan fingerprint density at radius 1 is 1.69 bits per heavy atom. The number of nitrogens with two attached hydrogens (primary N) is 1. The number of rotatable bonds is 3. The second-order valence-electron chi connectivity index (χ2n) is 4.13. The van der Waals surface area contributed by atoms with Crippen molar-refractivity contribution in [3.05, 3.63) is 22.4 Å². The van der Waals surface area contributed by atoms with E-state index in [1.54, 1.807) is 11.3 Å². The van der Waals surface area contributed by atoms with Gasteiger partial charge in [0.05, 0.1) is 6.61 Å². The Balaban J connectivity index is 2.27. The van der Waals surface area contributed by atoms with Crippen LogP contribution in [-0.2, 0) is 5.41 Å². The first-order chi connectivity index (χ1) is 6.18. The van der Waals surface area contributed by atoms with Gasteiger partial charge in [-0.15, -0.1) is 11.3 Å². The minimum Gasteiger partial charge on any atom is -0.396 e. The van der Waals surface area contributed by atoms with Crippen molar-refractivity contribution in [1.29, 1.82) is 0 Å². The molecule has 2 atom stereocenters. The van der Waals surface area contributed by atoms with Crippen LogP contribution in [0, 0.1) is 5.41 Å². The minimum atomic E-state index is -0.0438. The maximum absolute atomic E-state index is 9.32. The standard InChI is InChI=1S/C10H15NOS/c1-9(8-3-2-4-13-8)5-10(9,6-11)7-12/h2-4,12H,5-7,11H2,1H3. The van der Waals surface area contributed by atoms with E-state index in [2.05, 4.69) is 24.4 Å². The third-order valence-electron chi connectivity index (χ3n) is 3.50. The van der Waals surface area contributed by atoms with Crippen LogP contribution in [0.25, 0.3) is 0 Å². The fourth-order valence-electron chi connectivity index (χ4n) is 2.17. The van der Waals surface area contributed by atoms with Crippen molar-refractivity contribution in [2.75, 3.05) is 13.2 Å². The summed E-state index contributed by atoms with van der Waals surface area (Å²) in [6.45, 7) is 2.98. The molecule has 3 heteroatoms. The Labute approximate surface area is 82.4 Å². The van der Waals surface area contributed by atoms with E-state index in [1.807, 2.05) is 0 Å². The summed E-state index contributed by atoms with van der Waals surface area (Å²) in [4.78, 5) is 1.35. The van der Waals surface area contributed by atoms with E-state index in [9.17, 15) is 5.11 Å². The fourth-order valence-corrected chi connectivity index (χ4v) is 3.18. The highest BCUT2D eigenvalue weighted by atomic mass is 32.1. The van der Waals surface area contributed by atoms with Gasteiger partial charge in [-0.05, 0) is 17.9 Å². The molecule has 3 N–H and O–H groups in total. The summed E-state index contributed by atoms with van der Waals surface area (Å²) in [5.41, 5.74) is 5.79. The van der Waals surface area contributed by atoms with Gasteiger partial charge in [-0.1, -0.05) is 13.0 Å². The summed E-state index contributed by atoms with van der Waals surface area (Å²) in [6, 6.07) is 4.19. The Morgan fingerprint density at radius 3 is 2.85 bits per heavy atom. The second kappa shape index (κ2) is 2.80. The molecule has 0 aliphatic heterocycles. The second-order valence-corrected chi connectivity index (χ2v) is 5.08. The highest BCUT2D eigenvalue weighted by molar-refractivity contribution is 7.10. The molecule has 1 aliphatic rings. The molecule has 0 radical (unpaired) electrons. The normalized spacial score (nSPS) is 37.8. The molecule has 13 heavy (non-hydrogen) atoms. The van der Waals surface area contributed by atoms with E-state index in [0.717, 1.165) is 6.42 Å². The summed E-state index contributed by atoms with van der Waals surface area (Å²) in [5, 5.41) is 11.4. The lowest BCUT2D eigenvalue weighted by Gasteiger charge is -2.17. The van der Waals surface area contributed by atoms with E-state index < -0.39 is 0 Å². The van der Waals surface area contributed by atoms with Gasteiger partial charge in [0.1, 0.15) is 0 Å². The zero-order valence-corrected chi connectivity index (χ0v) is 8.60. The molecule has 1 saturated carbocycles. The topological polar surface area (TPSA) is 46.2 Å². The first kappa shape index (κ1) is 9.19. The number of hydrogen-bond acceptors (Lipinski definition) is 3. The van der Waals surface area contributed by atoms with Gasteiger partial charge in [0.25, 0.3) is 0 Å². The molecule has 1 aromatic heterocycles. The third-order valence-corrected chi connectivity index (χ3v) is 4.63. The predicted octanol–water partition coefficient (Wildman–Crippen LogP) is 1.35. The molecule has 72 valence electrons. The van der Waals surface area contributed by atoms with Gasteiger partial charge in [-0.25, -0.2) is 0 Å². The summed E-state index contributed by atoms with van der Waals surface area (Å²) >= 11 is 1.76. The van der Waals surface area contributed by atoms with Crippen LogP contribution in [-0.4, -0.2) is 18.3 Å². The van der Waals surface area contributed by atoms with E-state index in [4.69, 9.17) is 5.73 Å². The average molecular weight is 197 g/mol. The molecule has 1 fully saturated rings. The number of aliphatic hydroxyl groups is 1. The Kier molecular flexibility index (Phi) is 1.98. The number of aliphatic hydroxyl groups excluding tert-OH is 1. The highest BCUT2D eigenvalue weighted by Crippen LogP contribution is 2.64. The van der Waals surface area contributed by atoms with Gasteiger partial charge in [0.15, 0.2) is 0 Å². The minimum absolute atomic E-state index is 0.0438. The van der Waals surface area contributed by atoms with Crippen LogP contribution >= 0.6 is 11.3 Å². The van der Waals surface area contributed by atoms with Crippen LogP contribution in [0.1, 0.15) is 18.2 Å². The van der Waals surface area contributed by atoms with Crippen molar-refractivity contribution in [3.63, 3.8) is 0 Å². The van der Waals surface area contributed by atoms with Gasteiger partial charge in [0.2, 0.25) is 0 Å². The maximum atomic E-state index is 9.32. The van der Waals surface area contributed by atoms with Crippen LogP contribution in [0.2, 0.25) is 0 Å². The molecule has 2 rings (SSSR count). The molecule has 0 spiro atoms. The molecule has 2 nitrogen and oxygen atoms in total. The molecule has 0 aromatic carbocycles. The van der Waals surface area contributed by atoms with Crippen LogP contribution in [0.4, 0.5) is 0 Å². The van der Waals surface area contributed by atoms with Crippen molar-refractivity contribution in [3.8, 4) is 0 Å². The molecule has 0 saturated heterocycles. The van der Waals surface area contributed by atoms with Crippen LogP contribution in [0.15, 0.2) is 17.5 Å². The smallest absolute Gasteiger partial charge is 0.0508 e. The lowest BCUT2D eigenvalue weighted by Crippen LogP contribution is -2.27. The highest BCUT2D eigenvalue weighted by Gasteiger charge is 2.64. The van der Waals surface area contributed by atoms with Crippen LogP contribution in [0.5, 0.6) is 0 Å². The SMILES string of the molecule is CC1(c2cccs2)CC1(CN)CO. The molecular formula is C10H15NOS. The Bertz CT molecular complexity index is 292. The van der Waals surface area contributed by atoms with Gasteiger partial charge in [-0.3, -0.25) is 0 Å². The summed E-state index contributed by atoms with van der Waals surface area (Å²) in [6.07, 6.45) is 1.02. The maximum Gasteiger partial charge on any atom is 0.0508 e. The lowest BCUT2D eigenvalue weighted by atomic mass is 9.94. The van der Waals surface area contributed by atoms with E-state index in [0.29, 0.717) is 6.54 Å². The first-order valence-electron chi connectivity index (χ1n) is 4.53. The molecule has 0 amide bonds. The van der Waals surface area contributed by atoms with Gasteiger partial charge in [0, 0.05) is 22.3 Å². The van der Waals surface area contributed by atoms with Crippen molar-refractivity contribution in [2.45, 2.75) is 18.8 Å². The quantitative estimate of drug-likeness (QED) is 0.768. The van der Waals surface area contributed by atoms with E-state index in [1.165, 1.54) is 4.88 Å². The monoisotopic (exact) mass is 197 g/mol. The molecular weight excluding hydrogens is 182 g/mol. The Morgan fingerprint density at radius 2 is 2.46 bits per heavy atom. The number of thiophene rings is 1. The van der Waals surface area contributed by atoms with Crippen LogP contribution in [0.3, 0.4) is 0 Å².